The minimum atomic E-state index is -1.96. The molecule has 0 aromatic carbocycles. The van der Waals surface area contributed by atoms with Gasteiger partial charge in [0, 0.05) is 12.4 Å². The fraction of sp³-hybridized carbons (Fsp3) is 0.500. The van der Waals surface area contributed by atoms with E-state index in [1.165, 1.54) is 0 Å². The molecule has 0 aromatic rings. The Morgan fingerprint density at radius 1 is 1.36 bits per heavy atom. The van der Waals surface area contributed by atoms with Crippen molar-refractivity contribution in [3.63, 3.8) is 0 Å². The summed E-state index contributed by atoms with van der Waals surface area (Å²) in [6, 6.07) is 0. The van der Waals surface area contributed by atoms with Gasteiger partial charge in [-0.3, -0.25) is 0 Å². The van der Waals surface area contributed by atoms with Crippen LogP contribution in [0.25, 0.3) is 0 Å². The number of hydrogen-bond acceptors (Lipinski definition) is 5. The first-order valence-electron chi connectivity index (χ1n) is 2.13. The Bertz CT molecular complexity index is 138. The summed E-state index contributed by atoms with van der Waals surface area (Å²) in [6.45, 7) is 0. The maximum Gasteiger partial charge on any atom is 1.00 e. The van der Waals surface area contributed by atoms with E-state index in [2.05, 4.69) is 0 Å². The second kappa shape index (κ2) is 7.96. The Kier molecular flexibility index (Phi) is 12.4. The SMILES string of the molecule is O=C([O-])C[C@H](O)C(=O)[O-].[NH4+].[Na+]. The molecule has 0 spiro atoms. The maximum atomic E-state index is 9.58. The standard InChI is InChI=1S/C4H6O5.H3N.Na/c5-2(4(8)9)1-3(6)7;;/h2,5H,1H2,(H,6,7)(H,8,9);1H3;/q;;+1/p-1/t2-;;/m0../s1. The molecule has 11 heavy (non-hydrogen) atoms. The van der Waals surface area contributed by atoms with E-state index in [9.17, 15) is 19.8 Å². The minimum absolute atomic E-state index is 0. The number of carbonyl (C=O) groups excluding carboxylic acids is 2. The van der Waals surface area contributed by atoms with Crippen molar-refractivity contribution in [1.29, 1.82) is 0 Å². The van der Waals surface area contributed by atoms with Crippen LogP contribution < -0.4 is 45.9 Å². The summed E-state index contributed by atoms with van der Waals surface area (Å²) in [5, 5.41) is 27.3. The predicted octanol–water partition coefficient (Wildman–Crippen LogP) is -6.38. The van der Waals surface area contributed by atoms with Gasteiger partial charge in [-0.15, -0.1) is 0 Å². The van der Waals surface area contributed by atoms with Crippen molar-refractivity contribution < 1.29 is 54.5 Å². The molecule has 0 saturated heterocycles. The molecule has 0 heterocycles. The number of aliphatic hydroxyl groups is 1. The maximum absolute atomic E-state index is 9.58. The molecule has 7 heteroatoms. The average Bonchev–Trinajstić information content (AvgIpc) is 1.63. The van der Waals surface area contributed by atoms with Crippen LogP contribution in [0.3, 0.4) is 0 Å². The van der Waals surface area contributed by atoms with Crippen LogP contribution in [0.5, 0.6) is 0 Å². The van der Waals surface area contributed by atoms with Crippen molar-refractivity contribution in [2.75, 3.05) is 0 Å². The molecule has 0 fully saturated rings. The fourth-order valence-electron chi connectivity index (χ4n) is 0.241. The molecular weight excluding hydrogens is 165 g/mol. The van der Waals surface area contributed by atoms with Gasteiger partial charge in [-0.05, 0) is 0 Å². The Balaban J connectivity index is -0.000000320. The number of aliphatic carboxylic acids is 2. The molecule has 0 aliphatic carbocycles. The van der Waals surface area contributed by atoms with Gasteiger partial charge in [-0.25, -0.2) is 0 Å². The third kappa shape index (κ3) is 9.86. The van der Waals surface area contributed by atoms with E-state index in [1.54, 1.807) is 0 Å². The normalized spacial score (nSPS) is 10.3. The first-order valence-corrected chi connectivity index (χ1v) is 2.13. The molecule has 1 atom stereocenters. The van der Waals surface area contributed by atoms with Crippen molar-refractivity contribution in [1.82, 2.24) is 6.15 Å². The quantitative estimate of drug-likeness (QED) is 0.409. The van der Waals surface area contributed by atoms with E-state index in [4.69, 9.17) is 5.11 Å². The van der Waals surface area contributed by atoms with E-state index in [0.29, 0.717) is 0 Å². The van der Waals surface area contributed by atoms with Gasteiger partial charge < -0.3 is 31.1 Å². The first-order chi connectivity index (χ1) is 4.04. The average molecular weight is 173 g/mol. The van der Waals surface area contributed by atoms with E-state index in [-0.39, 0.29) is 35.7 Å². The Hall–Kier alpha value is -0.140. The molecule has 6 nitrogen and oxygen atoms in total. The zero-order chi connectivity index (χ0) is 7.44. The summed E-state index contributed by atoms with van der Waals surface area (Å²) < 4.78 is 0. The molecule has 60 valence electrons. The number of carboxylic acids is 2. The van der Waals surface area contributed by atoms with Gasteiger partial charge in [0.25, 0.3) is 0 Å². The summed E-state index contributed by atoms with van der Waals surface area (Å²) >= 11 is 0. The number of aliphatic hydroxyl groups excluding tert-OH is 1. The second-order valence-corrected chi connectivity index (χ2v) is 1.41. The van der Waals surface area contributed by atoms with Crippen LogP contribution in [0, 0.1) is 0 Å². The number of quaternary nitrogens is 1. The largest absolute Gasteiger partial charge is 1.00 e. The molecule has 0 bridgehead atoms. The molecule has 0 aromatic heterocycles. The topological polar surface area (TPSA) is 137 Å². The second-order valence-electron chi connectivity index (χ2n) is 1.41. The van der Waals surface area contributed by atoms with Gasteiger partial charge in [-0.2, -0.15) is 0 Å². The van der Waals surface area contributed by atoms with Crippen LogP contribution >= 0.6 is 0 Å². The molecule has 0 amide bonds. The molecule has 0 saturated carbocycles. The smallest absolute Gasteiger partial charge is 0.550 e. The summed E-state index contributed by atoms with van der Waals surface area (Å²) in [6.07, 6.45) is -2.89. The minimum Gasteiger partial charge on any atom is -0.550 e. The van der Waals surface area contributed by atoms with Gasteiger partial charge in [-0.1, -0.05) is 0 Å². The number of carbonyl (C=O) groups is 2. The van der Waals surface area contributed by atoms with Crippen LogP contribution in [0.1, 0.15) is 6.42 Å². The summed E-state index contributed by atoms with van der Waals surface area (Å²) in [4.78, 5) is 19.1. The summed E-state index contributed by atoms with van der Waals surface area (Å²) in [5.41, 5.74) is 0. The Morgan fingerprint density at radius 2 is 1.73 bits per heavy atom. The van der Waals surface area contributed by atoms with Crippen LogP contribution in [0.15, 0.2) is 0 Å². The van der Waals surface area contributed by atoms with Crippen LogP contribution in [0.2, 0.25) is 0 Å². The van der Waals surface area contributed by atoms with Crippen molar-refractivity contribution in [3.05, 3.63) is 0 Å². The van der Waals surface area contributed by atoms with Crippen molar-refractivity contribution in [3.8, 4) is 0 Å². The first kappa shape index (κ1) is 17.1. The zero-order valence-corrected chi connectivity index (χ0v) is 8.36. The van der Waals surface area contributed by atoms with E-state index in [1.807, 2.05) is 0 Å². The summed E-state index contributed by atoms with van der Waals surface area (Å²) in [5.74, 6) is -3.43. The zero-order valence-electron chi connectivity index (χ0n) is 6.36. The van der Waals surface area contributed by atoms with Gasteiger partial charge in [0.2, 0.25) is 0 Å². The van der Waals surface area contributed by atoms with Crippen LogP contribution in [0.4, 0.5) is 0 Å². The Morgan fingerprint density at radius 3 is 1.82 bits per heavy atom. The van der Waals surface area contributed by atoms with Crippen LogP contribution in [-0.4, -0.2) is 23.1 Å². The van der Waals surface area contributed by atoms with Gasteiger partial charge in [0.05, 0.1) is 12.1 Å². The molecule has 0 radical (unpaired) electrons. The third-order valence-electron chi connectivity index (χ3n) is 0.632. The van der Waals surface area contributed by atoms with Crippen molar-refractivity contribution >= 4 is 11.9 Å². The van der Waals surface area contributed by atoms with Crippen molar-refractivity contribution in [2.45, 2.75) is 12.5 Å². The Labute approximate surface area is 85.1 Å². The number of hydrogen-bond donors (Lipinski definition) is 2. The van der Waals surface area contributed by atoms with E-state index in [0.717, 1.165) is 0 Å². The van der Waals surface area contributed by atoms with Gasteiger partial charge >= 0.3 is 29.6 Å². The molecule has 0 aliphatic heterocycles. The molecular formula is C4H8NNaO5. The fourth-order valence-corrected chi connectivity index (χ4v) is 0.241. The van der Waals surface area contributed by atoms with Crippen LogP contribution in [-0.2, 0) is 9.59 Å². The third-order valence-corrected chi connectivity index (χ3v) is 0.632. The molecule has 0 rings (SSSR count). The number of rotatable bonds is 3. The van der Waals surface area contributed by atoms with E-state index < -0.39 is 24.5 Å². The van der Waals surface area contributed by atoms with Gasteiger partial charge in [0.1, 0.15) is 0 Å². The van der Waals surface area contributed by atoms with Crippen molar-refractivity contribution in [2.24, 2.45) is 0 Å². The predicted molar refractivity (Wildman–Crippen MR) is 26.6 cm³/mol. The molecule has 0 aliphatic rings. The number of carboxylic acid groups (broad SMARTS) is 2. The monoisotopic (exact) mass is 173 g/mol. The molecule has 5 N–H and O–H groups in total. The van der Waals surface area contributed by atoms with Gasteiger partial charge in [0.15, 0.2) is 0 Å². The van der Waals surface area contributed by atoms with E-state index >= 15 is 0 Å². The molecule has 0 unspecified atom stereocenters. The summed E-state index contributed by atoms with van der Waals surface area (Å²) in [7, 11) is 0.